The maximum absolute atomic E-state index is 9.25. The highest BCUT2D eigenvalue weighted by Crippen LogP contribution is 2.37. The van der Waals surface area contributed by atoms with Crippen LogP contribution in [0.2, 0.25) is 0 Å². The molecule has 0 atom stereocenters. The van der Waals surface area contributed by atoms with Gasteiger partial charge >= 0.3 is 0 Å². The van der Waals surface area contributed by atoms with Gasteiger partial charge in [0.1, 0.15) is 3.23 Å². The zero-order valence-corrected chi connectivity index (χ0v) is 12.8. The number of halogens is 2. The monoisotopic (exact) mass is 363 g/mol. The van der Waals surface area contributed by atoms with Gasteiger partial charge in [-0.2, -0.15) is 5.26 Å². The molecular weight excluding hydrogens is 354 g/mol. The van der Waals surface area contributed by atoms with E-state index in [0.717, 1.165) is 17.6 Å². The van der Waals surface area contributed by atoms with Gasteiger partial charge in [-0.15, -0.1) is 0 Å². The van der Waals surface area contributed by atoms with Gasteiger partial charge in [0.25, 0.3) is 0 Å². The smallest absolute Gasteiger partial charge is 0.102 e. The quantitative estimate of drug-likeness (QED) is 0.537. The maximum Gasteiger partial charge on any atom is 0.102 e. The molecule has 0 heterocycles. The van der Waals surface area contributed by atoms with Gasteiger partial charge < -0.3 is 0 Å². The largest absolute Gasteiger partial charge is 0.192 e. The second kappa shape index (κ2) is 5.69. The average Bonchev–Trinajstić information content (AvgIpc) is 2.38. The van der Waals surface area contributed by atoms with E-state index in [1.54, 1.807) is 0 Å². The Bertz CT molecular complexity index is 560. The van der Waals surface area contributed by atoms with Crippen LogP contribution in [0.1, 0.15) is 12.0 Å². The Morgan fingerprint density at radius 1 is 1.28 bits per heavy atom. The first-order chi connectivity index (χ1) is 8.61. The fourth-order valence-electron chi connectivity index (χ4n) is 1.69. The molecule has 0 amide bonds. The first kappa shape index (κ1) is 13.3. The Labute approximate surface area is 124 Å². The van der Waals surface area contributed by atoms with Crippen molar-refractivity contribution in [2.24, 2.45) is 0 Å². The summed E-state index contributed by atoms with van der Waals surface area (Å²) in [6.07, 6.45) is 8.75. The van der Waals surface area contributed by atoms with Gasteiger partial charge in [0.15, 0.2) is 0 Å². The average molecular weight is 365 g/mol. The van der Waals surface area contributed by atoms with Crippen molar-refractivity contribution in [3.05, 3.63) is 65.3 Å². The number of nitriles is 1. The number of hydrogen-bond donors (Lipinski definition) is 0. The van der Waals surface area contributed by atoms with E-state index in [0.29, 0.717) is 5.57 Å². The molecule has 0 fully saturated rings. The molecule has 3 heteroatoms. The topological polar surface area (TPSA) is 23.8 Å². The second-order valence-corrected chi connectivity index (χ2v) is 7.93. The minimum Gasteiger partial charge on any atom is -0.192 e. The predicted molar refractivity (Wildman–Crippen MR) is 82.5 cm³/mol. The van der Waals surface area contributed by atoms with E-state index in [1.807, 2.05) is 48.6 Å². The van der Waals surface area contributed by atoms with E-state index in [2.05, 4.69) is 44.0 Å². The van der Waals surface area contributed by atoms with E-state index in [9.17, 15) is 5.26 Å². The van der Waals surface area contributed by atoms with Crippen molar-refractivity contribution in [1.29, 1.82) is 5.26 Å². The van der Waals surface area contributed by atoms with E-state index in [1.165, 1.54) is 0 Å². The van der Waals surface area contributed by atoms with Crippen LogP contribution in [0.15, 0.2) is 59.7 Å². The number of hydrogen-bond acceptors (Lipinski definition) is 1. The fraction of sp³-hybridized carbons (Fsp3) is 0.133. The summed E-state index contributed by atoms with van der Waals surface area (Å²) < 4.78 is -0.170. The van der Waals surface area contributed by atoms with E-state index < -0.39 is 0 Å². The number of benzene rings is 1. The van der Waals surface area contributed by atoms with Crippen LogP contribution >= 0.6 is 31.9 Å². The Hall–Kier alpha value is -1.11. The highest BCUT2D eigenvalue weighted by atomic mass is 79.9. The first-order valence-electron chi connectivity index (χ1n) is 5.55. The first-order valence-corrected chi connectivity index (χ1v) is 7.14. The normalized spacial score (nSPS) is 18.1. The number of allylic oxidation sites excluding steroid dienone is 5. The molecule has 1 aliphatic rings. The molecule has 0 bridgehead atoms. The Morgan fingerprint density at radius 2 is 2.00 bits per heavy atom. The van der Waals surface area contributed by atoms with E-state index in [4.69, 9.17) is 0 Å². The molecule has 1 aromatic rings. The molecule has 0 unspecified atom stereocenters. The van der Waals surface area contributed by atoms with Crippen LogP contribution in [0.4, 0.5) is 0 Å². The summed E-state index contributed by atoms with van der Waals surface area (Å²) in [6.45, 7) is 0. The molecule has 1 aromatic carbocycles. The van der Waals surface area contributed by atoms with Gasteiger partial charge in [0.2, 0.25) is 0 Å². The molecule has 0 aromatic heterocycles. The molecule has 1 nitrogen and oxygen atoms in total. The highest BCUT2D eigenvalue weighted by molar-refractivity contribution is 9.25. The van der Waals surface area contributed by atoms with Crippen molar-refractivity contribution in [3.63, 3.8) is 0 Å². The standard InChI is InChI=1S/C15H11Br2N/c16-15(17)8-6-13(7-9-15)14(11-18)10-12-4-2-1-3-5-12/h1-8,10H,9H2. The summed E-state index contributed by atoms with van der Waals surface area (Å²) in [7, 11) is 0. The summed E-state index contributed by atoms with van der Waals surface area (Å²) in [5, 5.41) is 9.25. The van der Waals surface area contributed by atoms with Gasteiger partial charge in [0.05, 0.1) is 11.6 Å². The van der Waals surface area contributed by atoms with Gasteiger partial charge in [-0.3, -0.25) is 0 Å². The molecule has 2 rings (SSSR count). The van der Waals surface area contributed by atoms with Gasteiger partial charge in [-0.1, -0.05) is 80.4 Å². The Kier molecular flexibility index (Phi) is 4.21. The van der Waals surface area contributed by atoms with Gasteiger partial charge in [0, 0.05) is 0 Å². The van der Waals surface area contributed by atoms with Crippen molar-refractivity contribution in [3.8, 4) is 6.07 Å². The zero-order chi connectivity index (χ0) is 13.0. The number of rotatable bonds is 2. The van der Waals surface area contributed by atoms with E-state index in [-0.39, 0.29) is 3.23 Å². The lowest BCUT2D eigenvalue weighted by molar-refractivity contribution is 1.01. The molecule has 90 valence electrons. The summed E-state index contributed by atoms with van der Waals surface area (Å²) in [5.41, 5.74) is 2.70. The number of alkyl halides is 2. The zero-order valence-electron chi connectivity index (χ0n) is 9.61. The van der Waals surface area contributed by atoms with Crippen LogP contribution in [0.5, 0.6) is 0 Å². The fourth-order valence-corrected chi connectivity index (χ4v) is 2.28. The van der Waals surface area contributed by atoms with Crippen molar-refractivity contribution in [1.82, 2.24) is 0 Å². The van der Waals surface area contributed by atoms with Gasteiger partial charge in [-0.05, 0) is 23.6 Å². The van der Waals surface area contributed by atoms with Crippen LogP contribution in [0.3, 0.4) is 0 Å². The SMILES string of the molecule is N#CC(=Cc1ccccc1)C1=CCC(Br)(Br)C=C1. The van der Waals surface area contributed by atoms with Crippen molar-refractivity contribution >= 4 is 37.9 Å². The van der Waals surface area contributed by atoms with Gasteiger partial charge in [-0.25, -0.2) is 0 Å². The molecule has 18 heavy (non-hydrogen) atoms. The van der Waals surface area contributed by atoms with Crippen molar-refractivity contribution in [2.45, 2.75) is 9.65 Å². The van der Waals surface area contributed by atoms with Crippen molar-refractivity contribution < 1.29 is 0 Å². The second-order valence-electron chi connectivity index (χ2n) is 4.04. The van der Waals surface area contributed by atoms with Crippen molar-refractivity contribution in [2.75, 3.05) is 0 Å². The molecule has 0 saturated heterocycles. The lowest BCUT2D eigenvalue weighted by atomic mass is 9.98. The van der Waals surface area contributed by atoms with Crippen LogP contribution in [-0.2, 0) is 0 Å². The highest BCUT2D eigenvalue weighted by Gasteiger charge is 2.21. The Morgan fingerprint density at radius 3 is 2.56 bits per heavy atom. The minimum absolute atomic E-state index is 0.170. The minimum atomic E-state index is -0.170. The third-order valence-electron chi connectivity index (χ3n) is 2.64. The summed E-state index contributed by atoms with van der Waals surface area (Å²) in [4.78, 5) is 0. The third kappa shape index (κ3) is 3.44. The molecule has 1 aliphatic carbocycles. The Balaban J connectivity index is 2.27. The van der Waals surface area contributed by atoms with Crippen LogP contribution < -0.4 is 0 Å². The summed E-state index contributed by atoms with van der Waals surface area (Å²) >= 11 is 7.08. The molecule has 0 N–H and O–H groups in total. The maximum atomic E-state index is 9.25. The third-order valence-corrected chi connectivity index (χ3v) is 3.82. The predicted octanol–water partition coefficient (Wildman–Crippen LogP) is 4.97. The summed E-state index contributed by atoms with van der Waals surface area (Å²) in [6, 6.07) is 12.1. The molecule has 0 aliphatic heterocycles. The number of nitrogens with zero attached hydrogens (tertiary/aromatic N) is 1. The molecular formula is C15H11Br2N. The van der Waals surface area contributed by atoms with Crippen LogP contribution in [-0.4, -0.2) is 3.23 Å². The lowest BCUT2D eigenvalue weighted by Gasteiger charge is -2.18. The molecule has 0 spiro atoms. The van der Waals surface area contributed by atoms with E-state index >= 15 is 0 Å². The molecule has 0 saturated carbocycles. The van der Waals surface area contributed by atoms with Crippen LogP contribution in [0.25, 0.3) is 6.08 Å². The molecule has 0 radical (unpaired) electrons. The van der Waals surface area contributed by atoms with Crippen LogP contribution in [0, 0.1) is 11.3 Å². The summed E-state index contributed by atoms with van der Waals surface area (Å²) in [5.74, 6) is 0. The lowest BCUT2D eigenvalue weighted by Crippen LogP contribution is -2.09.